The van der Waals surface area contributed by atoms with Gasteiger partial charge in [-0.1, -0.05) is 77.8 Å². The molecule has 2 aliphatic heterocycles. The monoisotopic (exact) mass is 698 g/mol. The van der Waals surface area contributed by atoms with Crippen LogP contribution in [0.2, 0.25) is 10.0 Å². The fraction of sp³-hybridized carbons (Fsp3) is 0.528. The number of amides is 2. The number of nitrogens with one attached hydrogen (secondary N) is 1. The molecule has 254 valence electrons. The number of likely N-dealkylation sites (tertiary alicyclic amines) is 1. The van der Waals surface area contributed by atoms with Crippen molar-refractivity contribution < 1.29 is 9.59 Å². The molecule has 3 heterocycles. The van der Waals surface area contributed by atoms with Crippen LogP contribution in [0.15, 0.2) is 59.9 Å². The Morgan fingerprint density at radius 3 is 2.49 bits per heavy atom. The van der Waals surface area contributed by atoms with Crippen molar-refractivity contribution in [3.8, 4) is 0 Å². The van der Waals surface area contributed by atoms with E-state index >= 15 is 0 Å². The van der Waals surface area contributed by atoms with Crippen LogP contribution in [0.4, 0.5) is 0 Å². The number of thioether (sulfide) groups is 1. The van der Waals surface area contributed by atoms with Crippen LogP contribution in [0, 0.1) is 0 Å². The first kappa shape index (κ1) is 35.7. The van der Waals surface area contributed by atoms with Crippen molar-refractivity contribution in [2.45, 2.75) is 74.1 Å². The minimum Gasteiger partial charge on any atom is -0.347 e. The van der Waals surface area contributed by atoms with Gasteiger partial charge in [0, 0.05) is 39.6 Å². The Kier molecular flexibility index (Phi) is 12.3. The number of rotatable bonds is 12. The summed E-state index contributed by atoms with van der Waals surface area (Å²) in [6, 6.07) is 16.3. The van der Waals surface area contributed by atoms with Crippen LogP contribution in [0.5, 0.6) is 0 Å². The summed E-state index contributed by atoms with van der Waals surface area (Å²) in [4.78, 5) is 38.6. The highest BCUT2D eigenvalue weighted by Gasteiger charge is 2.48. The van der Waals surface area contributed by atoms with E-state index in [2.05, 4.69) is 27.3 Å². The molecule has 2 aromatic carbocycles. The molecule has 2 amide bonds. The summed E-state index contributed by atoms with van der Waals surface area (Å²) in [7, 11) is 5.64. The molecule has 47 heavy (non-hydrogen) atoms. The van der Waals surface area contributed by atoms with Crippen LogP contribution in [0.25, 0.3) is 0 Å². The van der Waals surface area contributed by atoms with Gasteiger partial charge in [0.1, 0.15) is 11.2 Å². The van der Waals surface area contributed by atoms with Crippen molar-refractivity contribution in [3.63, 3.8) is 0 Å². The molecule has 0 spiro atoms. The Hall–Kier alpha value is -2.56. The van der Waals surface area contributed by atoms with E-state index in [9.17, 15) is 9.59 Å². The average molecular weight is 700 g/mol. The van der Waals surface area contributed by atoms with Gasteiger partial charge in [0.05, 0.1) is 22.8 Å². The summed E-state index contributed by atoms with van der Waals surface area (Å²) < 4.78 is 2.01. The normalized spacial score (nSPS) is 18.9. The van der Waals surface area contributed by atoms with E-state index in [0.29, 0.717) is 28.8 Å². The molecule has 1 N–H and O–H groups in total. The Balaban J connectivity index is 1.38. The molecule has 2 unspecified atom stereocenters. The van der Waals surface area contributed by atoms with Crippen molar-refractivity contribution >= 4 is 46.8 Å². The van der Waals surface area contributed by atoms with E-state index in [-0.39, 0.29) is 23.8 Å². The van der Waals surface area contributed by atoms with Crippen molar-refractivity contribution in [2.24, 2.45) is 0 Å². The summed E-state index contributed by atoms with van der Waals surface area (Å²) in [5, 5.41) is 5.31. The number of carbonyl (C=O) groups excluding carboxylic acids is 2. The van der Waals surface area contributed by atoms with Gasteiger partial charge in [0.25, 0.3) is 5.91 Å². The third kappa shape index (κ3) is 8.19. The Morgan fingerprint density at radius 2 is 1.81 bits per heavy atom. The third-order valence-electron chi connectivity index (χ3n) is 9.92. The molecule has 1 aromatic heterocycles. The summed E-state index contributed by atoms with van der Waals surface area (Å²) in [6.45, 7) is 3.72. The number of hydrogen-bond acceptors (Lipinski definition) is 6. The van der Waals surface area contributed by atoms with Gasteiger partial charge in [-0.05, 0) is 87.7 Å². The van der Waals surface area contributed by atoms with E-state index in [4.69, 9.17) is 23.2 Å². The standard InChI is InChI=1S/C36H48Cl2N6O2S/c1-41(2)34(46)36(17-19-39-20-18-36)44-21-9-8-12-29(44)15-13-28(27-14-16-30(37)31(38)22-27)25-42(3)33(45)32-23-40-35(47-4)43(32)24-26-10-6-5-7-11-26/h5-7,10-11,14,16,22-23,28-29,39H,8-9,12-13,15,17-21,24-25H2,1-4H3. The van der Waals surface area contributed by atoms with Crippen LogP contribution in [-0.2, 0) is 11.3 Å². The molecule has 2 aliphatic rings. The number of nitrogens with zero attached hydrogens (tertiary/aromatic N) is 5. The van der Waals surface area contributed by atoms with Crippen molar-refractivity contribution in [2.75, 3.05) is 53.6 Å². The quantitative estimate of drug-likeness (QED) is 0.213. The summed E-state index contributed by atoms with van der Waals surface area (Å²) in [5.41, 5.74) is 2.27. The molecule has 2 fully saturated rings. The van der Waals surface area contributed by atoms with Gasteiger partial charge in [-0.25, -0.2) is 4.98 Å². The minimum absolute atomic E-state index is 0.0292. The minimum atomic E-state index is -0.474. The fourth-order valence-corrected chi connectivity index (χ4v) is 8.34. The number of piperidine rings is 2. The van der Waals surface area contributed by atoms with Crippen LogP contribution in [0.1, 0.15) is 72.5 Å². The Bertz CT molecular complexity index is 1510. The highest BCUT2D eigenvalue weighted by Crippen LogP contribution is 2.38. The molecular weight excluding hydrogens is 651 g/mol. The largest absolute Gasteiger partial charge is 0.347 e. The molecule has 11 heteroatoms. The number of likely N-dealkylation sites (N-methyl/N-ethyl adjacent to an activating group) is 2. The molecule has 2 saturated heterocycles. The number of carbonyl (C=O) groups is 2. The zero-order valence-electron chi connectivity index (χ0n) is 28.1. The Morgan fingerprint density at radius 1 is 1.06 bits per heavy atom. The third-order valence-corrected chi connectivity index (χ3v) is 11.4. The van der Waals surface area contributed by atoms with Gasteiger partial charge in [0.15, 0.2) is 5.16 Å². The first-order valence-electron chi connectivity index (χ1n) is 16.7. The van der Waals surface area contributed by atoms with Gasteiger partial charge in [0.2, 0.25) is 5.91 Å². The van der Waals surface area contributed by atoms with Crippen LogP contribution in [0.3, 0.4) is 0 Å². The first-order chi connectivity index (χ1) is 22.6. The van der Waals surface area contributed by atoms with E-state index < -0.39 is 5.54 Å². The second-order valence-electron chi connectivity index (χ2n) is 13.2. The summed E-state index contributed by atoms with van der Waals surface area (Å²) in [6.07, 6.45) is 10.4. The average Bonchev–Trinajstić information content (AvgIpc) is 3.50. The van der Waals surface area contributed by atoms with Crippen LogP contribution >= 0.6 is 35.0 Å². The lowest BCUT2D eigenvalue weighted by Gasteiger charge is -2.51. The summed E-state index contributed by atoms with van der Waals surface area (Å²) >= 11 is 14.4. The lowest BCUT2D eigenvalue weighted by atomic mass is 9.80. The van der Waals surface area contributed by atoms with Crippen molar-refractivity contribution in [1.82, 2.24) is 29.6 Å². The maximum absolute atomic E-state index is 14.1. The lowest BCUT2D eigenvalue weighted by molar-refractivity contribution is -0.148. The Labute approximate surface area is 294 Å². The first-order valence-corrected chi connectivity index (χ1v) is 18.7. The lowest BCUT2D eigenvalue weighted by Crippen LogP contribution is -2.66. The SMILES string of the molecule is CSc1ncc(C(=O)N(C)CC(CCC2CCCCN2C2(C(=O)N(C)C)CCNCC2)c2ccc(Cl)c(Cl)c2)n1Cc1ccccc1. The topological polar surface area (TPSA) is 73.7 Å². The van der Waals surface area contributed by atoms with Gasteiger partial charge in [-0.15, -0.1) is 0 Å². The number of imidazole rings is 1. The van der Waals surface area contributed by atoms with Crippen LogP contribution < -0.4 is 5.32 Å². The van der Waals surface area contributed by atoms with Crippen molar-refractivity contribution in [3.05, 3.63) is 81.6 Å². The zero-order chi connectivity index (χ0) is 33.6. The highest BCUT2D eigenvalue weighted by molar-refractivity contribution is 7.98. The molecule has 8 nitrogen and oxygen atoms in total. The zero-order valence-corrected chi connectivity index (χ0v) is 30.4. The molecule has 3 aromatic rings. The maximum Gasteiger partial charge on any atom is 0.271 e. The van der Waals surface area contributed by atoms with Gasteiger partial charge >= 0.3 is 0 Å². The predicted octanol–water partition coefficient (Wildman–Crippen LogP) is 6.66. The molecule has 0 aliphatic carbocycles. The number of aromatic nitrogens is 2. The number of benzene rings is 2. The van der Waals surface area contributed by atoms with E-state index in [1.165, 1.54) is 11.8 Å². The number of halogens is 2. The highest BCUT2D eigenvalue weighted by atomic mass is 35.5. The van der Waals surface area contributed by atoms with Gasteiger partial charge < -0.3 is 19.7 Å². The molecule has 2 atom stereocenters. The molecule has 5 rings (SSSR count). The second-order valence-corrected chi connectivity index (χ2v) is 14.7. The van der Waals surface area contributed by atoms with Crippen molar-refractivity contribution in [1.29, 1.82) is 0 Å². The smallest absolute Gasteiger partial charge is 0.271 e. The fourth-order valence-electron chi connectivity index (χ4n) is 7.49. The van der Waals surface area contributed by atoms with E-state index in [0.717, 1.165) is 80.9 Å². The molecule has 0 radical (unpaired) electrons. The maximum atomic E-state index is 14.1. The van der Waals surface area contributed by atoms with E-state index in [1.807, 2.05) is 73.3 Å². The van der Waals surface area contributed by atoms with Crippen LogP contribution in [-0.4, -0.2) is 101 Å². The number of hydrogen-bond donors (Lipinski definition) is 1. The van der Waals surface area contributed by atoms with Gasteiger partial charge in [-0.3, -0.25) is 14.5 Å². The van der Waals surface area contributed by atoms with Gasteiger partial charge in [-0.2, -0.15) is 0 Å². The molecular formula is C36H48Cl2N6O2S. The second kappa shape index (κ2) is 16.2. The van der Waals surface area contributed by atoms with E-state index in [1.54, 1.807) is 11.1 Å². The molecule has 0 saturated carbocycles. The predicted molar refractivity (Wildman–Crippen MR) is 193 cm³/mol. The molecule has 0 bridgehead atoms. The summed E-state index contributed by atoms with van der Waals surface area (Å²) in [5.74, 6) is 0.179.